The average molecular weight is 378 g/mol. The zero-order chi connectivity index (χ0) is 17.4. The first-order chi connectivity index (χ1) is 12.0. The van der Waals surface area contributed by atoms with Crippen LogP contribution in [0.15, 0.2) is 47.4 Å². The second-order valence-electron chi connectivity index (χ2n) is 6.56. The van der Waals surface area contributed by atoms with Gasteiger partial charge in [0.2, 0.25) is 10.0 Å². The van der Waals surface area contributed by atoms with Gasteiger partial charge in [0.1, 0.15) is 0 Å². The number of sulfonamides is 1. The normalized spacial score (nSPS) is 21.2. The maximum Gasteiger partial charge on any atom is 0.243 e. The number of aryl methyl sites for hydroxylation is 2. The molecule has 2 aliphatic rings. The zero-order valence-electron chi connectivity index (χ0n) is 13.8. The predicted molar refractivity (Wildman–Crippen MR) is 97.4 cm³/mol. The van der Waals surface area contributed by atoms with Gasteiger partial charge in [-0.1, -0.05) is 29.8 Å². The molecule has 1 fully saturated rings. The van der Waals surface area contributed by atoms with Gasteiger partial charge in [-0.05, 0) is 60.2 Å². The lowest BCUT2D eigenvalue weighted by molar-refractivity contribution is -0.00255. The van der Waals surface area contributed by atoms with Gasteiger partial charge in [-0.2, -0.15) is 4.31 Å². The van der Waals surface area contributed by atoms with Crippen LogP contribution < -0.4 is 0 Å². The van der Waals surface area contributed by atoms with Crippen molar-refractivity contribution in [3.63, 3.8) is 0 Å². The Balaban J connectivity index is 1.58. The summed E-state index contributed by atoms with van der Waals surface area (Å²) in [6.45, 7) is 1.09. The van der Waals surface area contributed by atoms with E-state index in [1.807, 2.05) is 24.3 Å². The molecule has 0 spiro atoms. The second kappa shape index (κ2) is 6.72. The Hall–Kier alpha value is -1.40. The average Bonchev–Trinajstić information content (AvgIpc) is 3.10. The first kappa shape index (κ1) is 17.0. The number of hydrogen-bond donors (Lipinski definition) is 0. The number of fused-ring (bicyclic) bond motifs is 1. The van der Waals surface area contributed by atoms with Crippen LogP contribution in [0.5, 0.6) is 0 Å². The lowest BCUT2D eigenvalue weighted by Crippen LogP contribution is -2.42. The highest BCUT2D eigenvalue weighted by Crippen LogP contribution is 2.30. The minimum atomic E-state index is -3.51. The van der Waals surface area contributed by atoms with E-state index < -0.39 is 10.0 Å². The highest BCUT2D eigenvalue weighted by Gasteiger charge is 2.32. The van der Waals surface area contributed by atoms with Gasteiger partial charge in [0.05, 0.1) is 17.6 Å². The molecular weight excluding hydrogens is 358 g/mol. The van der Waals surface area contributed by atoms with Crippen LogP contribution in [0.2, 0.25) is 5.02 Å². The molecule has 0 amide bonds. The van der Waals surface area contributed by atoms with Crippen molar-refractivity contribution in [2.24, 2.45) is 0 Å². The number of benzene rings is 2. The number of ether oxygens (including phenoxy) is 1. The molecule has 0 saturated carbocycles. The van der Waals surface area contributed by atoms with Crippen molar-refractivity contribution in [1.82, 2.24) is 4.31 Å². The highest BCUT2D eigenvalue weighted by molar-refractivity contribution is 7.89. The van der Waals surface area contributed by atoms with E-state index in [0.29, 0.717) is 29.6 Å². The second-order valence-corrected chi connectivity index (χ2v) is 8.93. The van der Waals surface area contributed by atoms with E-state index in [4.69, 9.17) is 16.3 Å². The monoisotopic (exact) mass is 377 g/mol. The minimum Gasteiger partial charge on any atom is -0.371 e. The van der Waals surface area contributed by atoms with E-state index in [-0.39, 0.29) is 6.10 Å². The van der Waals surface area contributed by atoms with Crippen LogP contribution in [0, 0.1) is 0 Å². The fourth-order valence-electron chi connectivity index (χ4n) is 3.58. The summed E-state index contributed by atoms with van der Waals surface area (Å²) in [6, 6.07) is 12.9. The van der Waals surface area contributed by atoms with E-state index in [1.165, 1.54) is 15.4 Å². The summed E-state index contributed by atoms with van der Waals surface area (Å²) in [7, 11) is -3.51. The molecule has 0 radical (unpaired) electrons. The molecule has 1 unspecified atom stereocenters. The molecule has 1 aliphatic carbocycles. The molecule has 25 heavy (non-hydrogen) atoms. The van der Waals surface area contributed by atoms with Crippen LogP contribution in [-0.2, 0) is 27.6 Å². The number of morpholine rings is 1. The van der Waals surface area contributed by atoms with Gasteiger partial charge in [0.15, 0.2) is 0 Å². The van der Waals surface area contributed by atoms with Gasteiger partial charge in [-0.15, -0.1) is 0 Å². The molecule has 2 aromatic carbocycles. The van der Waals surface area contributed by atoms with Gasteiger partial charge < -0.3 is 4.74 Å². The van der Waals surface area contributed by atoms with E-state index >= 15 is 0 Å². The molecule has 2 aromatic rings. The Morgan fingerprint density at radius 2 is 1.80 bits per heavy atom. The van der Waals surface area contributed by atoms with Crippen molar-refractivity contribution >= 4 is 21.6 Å². The number of rotatable bonds is 3. The molecule has 6 heteroatoms. The highest BCUT2D eigenvalue weighted by atomic mass is 35.5. The third kappa shape index (κ3) is 3.34. The molecule has 1 heterocycles. The molecule has 4 nitrogen and oxygen atoms in total. The van der Waals surface area contributed by atoms with Crippen LogP contribution in [0.4, 0.5) is 0 Å². The van der Waals surface area contributed by atoms with Gasteiger partial charge in [-0.3, -0.25) is 0 Å². The number of halogens is 1. The third-order valence-electron chi connectivity index (χ3n) is 4.98. The Morgan fingerprint density at radius 1 is 1.04 bits per heavy atom. The van der Waals surface area contributed by atoms with Crippen molar-refractivity contribution in [2.45, 2.75) is 30.3 Å². The van der Waals surface area contributed by atoms with Crippen LogP contribution in [0.1, 0.15) is 29.2 Å². The largest absolute Gasteiger partial charge is 0.371 e. The van der Waals surface area contributed by atoms with E-state index in [1.54, 1.807) is 18.2 Å². The Labute approximate surface area is 153 Å². The smallest absolute Gasteiger partial charge is 0.243 e. The lowest BCUT2D eigenvalue weighted by Gasteiger charge is -2.32. The molecule has 1 saturated heterocycles. The summed E-state index contributed by atoms with van der Waals surface area (Å²) >= 11 is 5.93. The first-order valence-corrected chi connectivity index (χ1v) is 10.3. The maximum absolute atomic E-state index is 13.1. The minimum absolute atomic E-state index is 0.268. The molecule has 1 aliphatic heterocycles. The van der Waals surface area contributed by atoms with Gasteiger partial charge in [0, 0.05) is 18.1 Å². The summed E-state index contributed by atoms with van der Waals surface area (Å²) in [5, 5.41) is 0.655. The summed E-state index contributed by atoms with van der Waals surface area (Å²) in [5.74, 6) is 0. The van der Waals surface area contributed by atoms with Crippen LogP contribution in [-0.4, -0.2) is 32.4 Å². The summed E-state index contributed by atoms with van der Waals surface area (Å²) in [6.07, 6.45) is 2.85. The molecule has 1 atom stereocenters. The zero-order valence-corrected chi connectivity index (χ0v) is 15.4. The molecule has 132 valence electrons. The quantitative estimate of drug-likeness (QED) is 0.821. The molecule has 0 bridgehead atoms. The molecule has 0 aromatic heterocycles. The Morgan fingerprint density at radius 3 is 2.60 bits per heavy atom. The van der Waals surface area contributed by atoms with Crippen molar-refractivity contribution < 1.29 is 13.2 Å². The SMILES string of the molecule is O=S(=O)(c1ccc2c(c1)CCC2)N1CCOC(c2ccc(Cl)cc2)C1. The number of hydrogen-bond acceptors (Lipinski definition) is 3. The van der Waals surface area contributed by atoms with E-state index in [2.05, 4.69) is 0 Å². The standard InChI is InChI=1S/C19H20ClNO3S/c20-17-7-4-15(5-8-17)19-13-21(10-11-24-19)25(22,23)18-9-6-14-2-1-3-16(14)12-18/h4-9,12,19H,1-3,10-11,13H2. The third-order valence-corrected chi connectivity index (χ3v) is 7.09. The summed E-state index contributed by atoms with van der Waals surface area (Å²) in [5.41, 5.74) is 3.39. The van der Waals surface area contributed by atoms with Crippen molar-refractivity contribution in [3.05, 3.63) is 64.2 Å². The summed E-state index contributed by atoms with van der Waals surface area (Å²) in [4.78, 5) is 0.393. The molecule has 0 N–H and O–H groups in total. The molecular formula is C19H20ClNO3S. The maximum atomic E-state index is 13.1. The predicted octanol–water partition coefficient (Wildman–Crippen LogP) is 3.59. The van der Waals surface area contributed by atoms with Crippen molar-refractivity contribution in [1.29, 1.82) is 0 Å². The Bertz CT molecular complexity index is 880. The summed E-state index contributed by atoms with van der Waals surface area (Å²) < 4.78 is 33.5. The van der Waals surface area contributed by atoms with Gasteiger partial charge in [-0.25, -0.2) is 8.42 Å². The van der Waals surface area contributed by atoms with E-state index in [0.717, 1.165) is 24.8 Å². The van der Waals surface area contributed by atoms with Gasteiger partial charge >= 0.3 is 0 Å². The lowest BCUT2D eigenvalue weighted by atomic mass is 10.1. The van der Waals surface area contributed by atoms with Crippen LogP contribution in [0.25, 0.3) is 0 Å². The van der Waals surface area contributed by atoms with Gasteiger partial charge in [0.25, 0.3) is 0 Å². The van der Waals surface area contributed by atoms with Crippen molar-refractivity contribution in [2.75, 3.05) is 19.7 Å². The fraction of sp³-hybridized carbons (Fsp3) is 0.368. The molecule has 4 rings (SSSR count). The van der Waals surface area contributed by atoms with Crippen LogP contribution in [0.3, 0.4) is 0 Å². The van der Waals surface area contributed by atoms with E-state index in [9.17, 15) is 8.42 Å². The number of nitrogens with zero attached hydrogens (tertiary/aromatic N) is 1. The topological polar surface area (TPSA) is 46.6 Å². The fourth-order valence-corrected chi connectivity index (χ4v) is 5.18. The van der Waals surface area contributed by atoms with Crippen molar-refractivity contribution in [3.8, 4) is 0 Å². The Kier molecular flexibility index (Phi) is 4.58. The van der Waals surface area contributed by atoms with Crippen LogP contribution >= 0.6 is 11.6 Å². The first-order valence-electron chi connectivity index (χ1n) is 8.53.